The number of carbonyl (C=O) groups excluding carboxylic acids is 2. The minimum absolute atomic E-state index is 0.0770. The summed E-state index contributed by atoms with van der Waals surface area (Å²) in [7, 11) is -3.69. The Morgan fingerprint density at radius 2 is 1.87 bits per heavy atom. The number of aromatic nitrogens is 3. The van der Waals surface area contributed by atoms with Crippen LogP contribution >= 0.6 is 22.9 Å². The van der Waals surface area contributed by atoms with E-state index in [9.17, 15) is 22.8 Å². The molecule has 0 spiro atoms. The van der Waals surface area contributed by atoms with Gasteiger partial charge in [-0.2, -0.15) is 5.10 Å². The van der Waals surface area contributed by atoms with Gasteiger partial charge in [0.05, 0.1) is 36.6 Å². The van der Waals surface area contributed by atoms with Gasteiger partial charge in [-0.3, -0.25) is 15.4 Å². The zero-order chi connectivity index (χ0) is 27.7. The lowest BCUT2D eigenvalue weighted by molar-refractivity contribution is 0.0967. The van der Waals surface area contributed by atoms with Crippen LogP contribution in [0.4, 0.5) is 14.7 Å². The van der Waals surface area contributed by atoms with Gasteiger partial charge in [0.1, 0.15) is 0 Å². The number of imide groups is 1. The van der Waals surface area contributed by atoms with Crippen molar-refractivity contribution in [3.63, 3.8) is 0 Å². The molecule has 1 aliphatic heterocycles. The third-order valence-corrected chi connectivity index (χ3v) is 9.77. The fourth-order valence-corrected chi connectivity index (χ4v) is 7.17. The zero-order valence-electron chi connectivity index (χ0n) is 20.1. The van der Waals surface area contributed by atoms with Gasteiger partial charge in [0.25, 0.3) is 5.91 Å². The van der Waals surface area contributed by atoms with Crippen molar-refractivity contribution in [2.75, 3.05) is 18.4 Å². The van der Waals surface area contributed by atoms with Crippen molar-refractivity contribution < 1.29 is 27.9 Å². The smallest absolute Gasteiger partial charge is 0.407 e. The number of benzene rings is 2. The first-order valence-electron chi connectivity index (χ1n) is 11.7. The summed E-state index contributed by atoms with van der Waals surface area (Å²) in [6, 6.07) is 10.1. The van der Waals surface area contributed by atoms with Crippen LogP contribution in [0.3, 0.4) is 0 Å². The van der Waals surface area contributed by atoms with Crippen LogP contribution in [-0.2, 0) is 9.84 Å². The number of nitrogens with one attached hydrogen (secondary N) is 2. The van der Waals surface area contributed by atoms with Crippen LogP contribution in [0.2, 0.25) is 5.02 Å². The molecule has 202 valence electrons. The minimum Gasteiger partial charge on any atom is -0.465 e. The number of carbonyl (C=O) groups is 3. The fourth-order valence-electron chi connectivity index (χ4n) is 4.24. The molecule has 2 aromatic heterocycles. The van der Waals surface area contributed by atoms with Crippen LogP contribution in [0.1, 0.15) is 23.2 Å². The summed E-state index contributed by atoms with van der Waals surface area (Å²) in [6.45, 7) is 0.311. The average Bonchev–Trinajstić information content (AvgIpc) is 3.58. The van der Waals surface area contributed by atoms with Crippen molar-refractivity contribution in [3.8, 4) is 5.69 Å². The second-order valence-electron chi connectivity index (χ2n) is 8.69. The Morgan fingerprint density at radius 1 is 1.10 bits per heavy atom. The largest absolute Gasteiger partial charge is 0.465 e. The van der Waals surface area contributed by atoms with Gasteiger partial charge in [-0.1, -0.05) is 22.9 Å². The van der Waals surface area contributed by atoms with E-state index < -0.39 is 33.1 Å². The number of amides is 4. The Labute approximate surface area is 231 Å². The van der Waals surface area contributed by atoms with Crippen LogP contribution in [0.15, 0.2) is 59.8 Å². The monoisotopic (exact) mass is 588 g/mol. The van der Waals surface area contributed by atoms with Gasteiger partial charge in [0.15, 0.2) is 15.0 Å². The molecule has 12 nitrogen and oxygen atoms in total. The highest BCUT2D eigenvalue weighted by molar-refractivity contribution is 7.92. The Bertz CT molecular complexity index is 1680. The second kappa shape index (κ2) is 10.6. The molecule has 4 amide bonds. The van der Waals surface area contributed by atoms with Gasteiger partial charge in [-0.15, -0.1) is 0 Å². The summed E-state index contributed by atoms with van der Waals surface area (Å²) in [5, 5.41) is 17.5. The van der Waals surface area contributed by atoms with Gasteiger partial charge >= 0.3 is 12.1 Å². The number of thiazole rings is 1. The van der Waals surface area contributed by atoms with Gasteiger partial charge in [-0.05, 0) is 55.3 Å². The van der Waals surface area contributed by atoms with Crippen LogP contribution in [-0.4, -0.2) is 69.6 Å². The number of hydrogen-bond donors (Lipinski definition) is 3. The first-order chi connectivity index (χ1) is 18.6. The molecule has 0 radical (unpaired) electrons. The summed E-state index contributed by atoms with van der Waals surface area (Å²) in [5.74, 6) is -0.727. The SMILES string of the molecule is O=C(NC(=O)c1cc(-n2cccn2)ccc1Cl)Nc1nc2ccc(S(=O)(=O)C3CCN(C(=O)O)CC3)cc2s1. The maximum atomic E-state index is 13.2. The van der Waals surface area contributed by atoms with Crippen molar-refractivity contribution >= 4 is 66.2 Å². The quantitative estimate of drug-likeness (QED) is 0.315. The van der Waals surface area contributed by atoms with E-state index in [1.807, 2.05) is 0 Å². The summed E-state index contributed by atoms with van der Waals surface area (Å²) < 4.78 is 28.4. The summed E-state index contributed by atoms with van der Waals surface area (Å²) in [4.78, 5) is 42.0. The van der Waals surface area contributed by atoms with E-state index in [0.717, 1.165) is 11.3 Å². The molecule has 1 saturated heterocycles. The molecule has 0 unspecified atom stereocenters. The summed E-state index contributed by atoms with van der Waals surface area (Å²) in [5.41, 5.74) is 1.13. The molecule has 0 bridgehead atoms. The number of fused-ring (bicyclic) bond motifs is 1. The highest BCUT2D eigenvalue weighted by Gasteiger charge is 2.33. The number of hydrogen-bond acceptors (Lipinski definition) is 8. The maximum absolute atomic E-state index is 13.2. The summed E-state index contributed by atoms with van der Waals surface area (Å²) >= 11 is 7.22. The fraction of sp³-hybridized carbons (Fsp3) is 0.208. The molecule has 15 heteroatoms. The number of nitrogens with zero attached hydrogens (tertiary/aromatic N) is 4. The summed E-state index contributed by atoms with van der Waals surface area (Å²) in [6.07, 6.45) is 2.65. The van der Waals surface area contributed by atoms with Crippen molar-refractivity contribution in [3.05, 3.63) is 65.4 Å². The third-order valence-electron chi connectivity index (χ3n) is 6.25. The van der Waals surface area contributed by atoms with Crippen molar-refractivity contribution in [2.24, 2.45) is 0 Å². The molecule has 5 rings (SSSR count). The molecule has 0 saturated carbocycles. The van der Waals surface area contributed by atoms with E-state index in [1.165, 1.54) is 29.2 Å². The standard InChI is InChI=1S/C24H21ClN6O6S2/c25-18-4-2-14(31-9-1-8-26-31)12-17(18)21(32)28-22(33)29-23-27-19-5-3-16(13-20(19)38-23)39(36,37)15-6-10-30(11-7-15)24(34)35/h1-5,8-9,12-13,15H,6-7,10-11H2,(H,34,35)(H2,27,28,29,32,33). The Kier molecular flexibility index (Phi) is 7.25. The van der Waals surface area contributed by atoms with Crippen LogP contribution in [0.25, 0.3) is 15.9 Å². The molecule has 3 heterocycles. The highest BCUT2D eigenvalue weighted by atomic mass is 35.5. The van der Waals surface area contributed by atoms with Crippen molar-refractivity contribution in [1.29, 1.82) is 0 Å². The molecule has 1 fully saturated rings. The third kappa shape index (κ3) is 5.57. The molecule has 0 aliphatic carbocycles. The number of piperidine rings is 1. The highest BCUT2D eigenvalue weighted by Crippen LogP contribution is 2.31. The molecular formula is C24H21ClN6O6S2. The first-order valence-corrected chi connectivity index (χ1v) is 14.4. The molecule has 1 aliphatic rings. The van der Waals surface area contributed by atoms with Crippen LogP contribution in [0, 0.1) is 0 Å². The zero-order valence-corrected chi connectivity index (χ0v) is 22.5. The molecule has 39 heavy (non-hydrogen) atoms. The van der Waals surface area contributed by atoms with E-state index in [2.05, 4.69) is 20.7 Å². The Morgan fingerprint density at radius 3 is 2.56 bits per heavy atom. The lowest BCUT2D eigenvalue weighted by Gasteiger charge is -2.29. The minimum atomic E-state index is -3.69. The average molecular weight is 589 g/mol. The van der Waals surface area contributed by atoms with E-state index in [4.69, 9.17) is 16.7 Å². The second-order valence-corrected chi connectivity index (χ2v) is 12.4. The number of halogens is 1. The van der Waals surface area contributed by atoms with E-state index in [-0.39, 0.29) is 46.5 Å². The topological polar surface area (TPSA) is 164 Å². The number of urea groups is 1. The molecule has 3 N–H and O–H groups in total. The number of likely N-dealkylation sites (tertiary alicyclic amines) is 1. The van der Waals surface area contributed by atoms with Gasteiger partial charge in [0, 0.05) is 25.5 Å². The molecule has 0 atom stereocenters. The first kappa shape index (κ1) is 26.6. The molecule has 2 aromatic carbocycles. The number of sulfone groups is 1. The van der Waals surface area contributed by atoms with E-state index in [1.54, 1.807) is 35.3 Å². The van der Waals surface area contributed by atoms with Gasteiger partial charge in [-0.25, -0.2) is 27.7 Å². The maximum Gasteiger partial charge on any atom is 0.407 e. The Hall–Kier alpha value is -4.01. The van der Waals surface area contributed by atoms with E-state index in [0.29, 0.717) is 15.9 Å². The predicted octanol–water partition coefficient (Wildman–Crippen LogP) is 4.01. The molecule has 4 aromatic rings. The Balaban J connectivity index is 1.27. The number of rotatable bonds is 5. The predicted molar refractivity (Wildman–Crippen MR) is 144 cm³/mol. The van der Waals surface area contributed by atoms with Crippen LogP contribution < -0.4 is 10.6 Å². The molecular weight excluding hydrogens is 568 g/mol. The van der Waals surface area contributed by atoms with Crippen molar-refractivity contribution in [1.82, 2.24) is 25.0 Å². The van der Waals surface area contributed by atoms with Crippen molar-refractivity contribution in [2.45, 2.75) is 23.0 Å². The number of carboxylic acid groups (broad SMARTS) is 1. The van der Waals surface area contributed by atoms with E-state index >= 15 is 0 Å². The number of anilines is 1. The van der Waals surface area contributed by atoms with Gasteiger partial charge in [0.2, 0.25) is 0 Å². The van der Waals surface area contributed by atoms with Crippen LogP contribution in [0.5, 0.6) is 0 Å². The lowest BCUT2D eigenvalue weighted by atomic mass is 10.1. The normalized spacial score (nSPS) is 14.3. The lowest BCUT2D eigenvalue weighted by Crippen LogP contribution is -2.41. The van der Waals surface area contributed by atoms with Gasteiger partial charge < -0.3 is 10.0 Å².